The minimum absolute atomic E-state index is 0.0838. The lowest BCUT2D eigenvalue weighted by atomic mass is 9.88. The van der Waals surface area contributed by atoms with Crippen molar-refractivity contribution >= 4 is 23.5 Å². The Morgan fingerprint density at radius 2 is 2.00 bits per heavy atom. The Morgan fingerprint density at radius 1 is 1.32 bits per heavy atom. The van der Waals surface area contributed by atoms with Gasteiger partial charge < -0.3 is 21.1 Å². The second-order valence-corrected chi connectivity index (χ2v) is 6.76. The molecule has 9 nitrogen and oxygen atoms in total. The van der Waals surface area contributed by atoms with Gasteiger partial charge in [-0.15, -0.1) is 0 Å². The van der Waals surface area contributed by atoms with Gasteiger partial charge in [-0.2, -0.15) is 10.4 Å². The molecule has 1 aliphatic rings. The van der Waals surface area contributed by atoms with Crippen molar-refractivity contribution in [1.82, 2.24) is 14.7 Å². The van der Waals surface area contributed by atoms with Crippen LogP contribution in [-0.4, -0.2) is 44.9 Å². The number of nitrogens with two attached hydrogens (primary N) is 1. The van der Waals surface area contributed by atoms with Crippen LogP contribution in [0.15, 0.2) is 36.5 Å². The Hall–Kier alpha value is -3.54. The molecule has 0 saturated carbocycles. The fourth-order valence-electron chi connectivity index (χ4n) is 3.54. The van der Waals surface area contributed by atoms with E-state index in [-0.39, 0.29) is 23.9 Å². The molecule has 2 heterocycles. The highest BCUT2D eigenvalue weighted by Crippen LogP contribution is 2.32. The molecule has 4 N–H and O–H groups in total. The van der Waals surface area contributed by atoms with Crippen LogP contribution in [0, 0.1) is 17.2 Å². The SMILES string of the molecule is N#CC[C@H](C1CCN(C(=O)O)CC1)n1cc(C(N)=O)c(Nc2ccccc2)n1. The van der Waals surface area contributed by atoms with E-state index in [2.05, 4.69) is 16.5 Å². The molecule has 0 spiro atoms. The third kappa shape index (κ3) is 4.23. The van der Waals surface area contributed by atoms with Gasteiger partial charge in [0, 0.05) is 25.0 Å². The van der Waals surface area contributed by atoms with Gasteiger partial charge in [0.2, 0.25) is 0 Å². The van der Waals surface area contributed by atoms with E-state index in [4.69, 9.17) is 10.8 Å². The number of carboxylic acid groups (broad SMARTS) is 1. The quantitative estimate of drug-likeness (QED) is 0.702. The molecule has 0 radical (unpaired) electrons. The van der Waals surface area contributed by atoms with Gasteiger partial charge >= 0.3 is 6.09 Å². The van der Waals surface area contributed by atoms with E-state index in [1.54, 1.807) is 10.9 Å². The number of nitrogens with zero attached hydrogens (tertiary/aromatic N) is 4. The van der Waals surface area contributed by atoms with E-state index in [0.717, 1.165) is 5.69 Å². The van der Waals surface area contributed by atoms with Crippen LogP contribution >= 0.6 is 0 Å². The number of primary amides is 1. The van der Waals surface area contributed by atoms with E-state index >= 15 is 0 Å². The van der Waals surface area contributed by atoms with Crippen LogP contribution < -0.4 is 11.1 Å². The van der Waals surface area contributed by atoms with Crippen LogP contribution in [0.25, 0.3) is 0 Å². The molecule has 146 valence electrons. The second-order valence-electron chi connectivity index (χ2n) is 6.76. The number of benzene rings is 1. The van der Waals surface area contributed by atoms with Crippen LogP contribution in [-0.2, 0) is 0 Å². The van der Waals surface area contributed by atoms with Gasteiger partial charge in [0.05, 0.1) is 18.5 Å². The number of anilines is 2. The van der Waals surface area contributed by atoms with Crippen molar-refractivity contribution < 1.29 is 14.7 Å². The number of aromatic nitrogens is 2. The first-order valence-corrected chi connectivity index (χ1v) is 9.05. The molecule has 0 unspecified atom stereocenters. The molecule has 2 aromatic rings. The fraction of sp³-hybridized carbons (Fsp3) is 0.368. The molecule has 1 atom stereocenters. The molecule has 0 bridgehead atoms. The molecule has 28 heavy (non-hydrogen) atoms. The van der Waals surface area contributed by atoms with Gasteiger partial charge in [-0.1, -0.05) is 18.2 Å². The van der Waals surface area contributed by atoms with E-state index in [1.807, 2.05) is 30.3 Å². The van der Waals surface area contributed by atoms with Crippen molar-refractivity contribution in [2.75, 3.05) is 18.4 Å². The van der Waals surface area contributed by atoms with E-state index < -0.39 is 12.0 Å². The largest absolute Gasteiger partial charge is 0.465 e. The number of rotatable bonds is 6. The maximum Gasteiger partial charge on any atom is 0.407 e. The molecule has 3 rings (SSSR count). The average molecular weight is 382 g/mol. The Labute approximate surface area is 162 Å². The predicted octanol–water partition coefficient (Wildman–Crippen LogP) is 2.57. The summed E-state index contributed by atoms with van der Waals surface area (Å²) in [6.45, 7) is 0.835. The smallest absolute Gasteiger partial charge is 0.407 e. The van der Waals surface area contributed by atoms with Crippen molar-refractivity contribution in [2.24, 2.45) is 11.7 Å². The third-order valence-corrected chi connectivity index (χ3v) is 5.03. The monoisotopic (exact) mass is 382 g/mol. The first-order chi connectivity index (χ1) is 13.5. The summed E-state index contributed by atoms with van der Waals surface area (Å²) in [7, 11) is 0. The van der Waals surface area contributed by atoms with Gasteiger partial charge in [0.25, 0.3) is 5.91 Å². The van der Waals surface area contributed by atoms with E-state index in [9.17, 15) is 14.9 Å². The number of hydrogen-bond acceptors (Lipinski definition) is 5. The Balaban J connectivity index is 1.85. The summed E-state index contributed by atoms with van der Waals surface area (Å²) < 4.78 is 1.62. The molecule has 2 amide bonds. The molecule has 9 heteroatoms. The molecular formula is C19H22N6O3. The summed E-state index contributed by atoms with van der Waals surface area (Å²) >= 11 is 0. The van der Waals surface area contributed by atoms with Crippen LogP contribution in [0.5, 0.6) is 0 Å². The number of carbonyl (C=O) groups is 2. The van der Waals surface area contributed by atoms with Crippen molar-refractivity contribution in [1.29, 1.82) is 5.26 Å². The maximum atomic E-state index is 11.9. The molecule has 0 aliphatic carbocycles. The summed E-state index contributed by atoms with van der Waals surface area (Å²) in [6, 6.07) is 11.2. The minimum Gasteiger partial charge on any atom is -0.465 e. The van der Waals surface area contributed by atoms with Crippen LogP contribution in [0.2, 0.25) is 0 Å². The second kappa shape index (κ2) is 8.43. The highest BCUT2D eigenvalue weighted by molar-refractivity contribution is 5.98. The summed E-state index contributed by atoms with van der Waals surface area (Å²) in [4.78, 5) is 24.4. The van der Waals surface area contributed by atoms with Gasteiger partial charge in [-0.3, -0.25) is 9.48 Å². The summed E-state index contributed by atoms with van der Waals surface area (Å²) in [5, 5.41) is 26.0. The summed E-state index contributed by atoms with van der Waals surface area (Å²) in [6.07, 6.45) is 2.11. The number of likely N-dealkylation sites (tertiary alicyclic amines) is 1. The number of nitriles is 1. The lowest BCUT2D eigenvalue weighted by molar-refractivity contribution is 0.0998. The zero-order chi connectivity index (χ0) is 20.1. The van der Waals surface area contributed by atoms with Gasteiger partial charge in [-0.25, -0.2) is 4.79 Å². The lowest BCUT2D eigenvalue weighted by Gasteiger charge is -2.34. The Morgan fingerprint density at radius 3 is 2.57 bits per heavy atom. The molecular weight excluding hydrogens is 360 g/mol. The zero-order valence-corrected chi connectivity index (χ0v) is 15.3. The molecule has 1 fully saturated rings. The Bertz CT molecular complexity index is 881. The van der Waals surface area contributed by atoms with Crippen LogP contribution in [0.4, 0.5) is 16.3 Å². The van der Waals surface area contributed by atoms with E-state index in [1.165, 1.54) is 4.90 Å². The molecule has 1 saturated heterocycles. The minimum atomic E-state index is -0.931. The van der Waals surface area contributed by atoms with Crippen molar-refractivity contribution in [2.45, 2.75) is 25.3 Å². The van der Waals surface area contributed by atoms with Gasteiger partial charge in [0.15, 0.2) is 5.82 Å². The number of nitrogens with one attached hydrogen (secondary N) is 1. The summed E-state index contributed by atoms with van der Waals surface area (Å²) in [5.41, 5.74) is 6.53. The topological polar surface area (TPSA) is 137 Å². The molecule has 1 aromatic carbocycles. The fourth-order valence-corrected chi connectivity index (χ4v) is 3.54. The van der Waals surface area contributed by atoms with E-state index in [0.29, 0.717) is 31.7 Å². The molecule has 1 aliphatic heterocycles. The standard InChI is InChI=1S/C19H22N6O3/c20-9-6-16(13-7-10-24(11-8-13)19(27)28)25-12-15(17(21)26)18(23-25)22-14-4-2-1-3-5-14/h1-5,12-13,16H,6-8,10-11H2,(H2,21,26)(H,22,23)(H,27,28)/t16-/m1/s1. The van der Waals surface area contributed by atoms with Crippen LogP contribution in [0.3, 0.4) is 0 Å². The van der Waals surface area contributed by atoms with Gasteiger partial charge in [-0.05, 0) is 30.9 Å². The van der Waals surface area contributed by atoms with Crippen molar-refractivity contribution in [3.8, 4) is 6.07 Å². The number of carbonyl (C=O) groups excluding carboxylic acids is 1. The normalized spacial score (nSPS) is 15.6. The average Bonchev–Trinajstić information content (AvgIpc) is 3.10. The number of piperidine rings is 1. The van der Waals surface area contributed by atoms with Crippen LogP contribution in [0.1, 0.15) is 35.7 Å². The lowest BCUT2D eigenvalue weighted by Crippen LogP contribution is -2.39. The number of amides is 2. The highest BCUT2D eigenvalue weighted by atomic mass is 16.4. The molecule has 1 aromatic heterocycles. The number of hydrogen-bond donors (Lipinski definition) is 3. The van der Waals surface area contributed by atoms with Gasteiger partial charge in [0.1, 0.15) is 5.56 Å². The first-order valence-electron chi connectivity index (χ1n) is 9.05. The zero-order valence-electron chi connectivity index (χ0n) is 15.3. The maximum absolute atomic E-state index is 11.9. The highest BCUT2D eigenvalue weighted by Gasteiger charge is 2.31. The van der Waals surface area contributed by atoms with Crippen molar-refractivity contribution in [3.63, 3.8) is 0 Å². The predicted molar refractivity (Wildman–Crippen MR) is 102 cm³/mol. The number of para-hydroxylation sites is 1. The third-order valence-electron chi connectivity index (χ3n) is 5.03. The summed E-state index contributed by atoms with van der Waals surface area (Å²) in [5.74, 6) is -0.189. The van der Waals surface area contributed by atoms with Crippen molar-refractivity contribution in [3.05, 3.63) is 42.1 Å². The Kier molecular flexibility index (Phi) is 5.79. The first kappa shape index (κ1) is 19.2.